The molecule has 110 valence electrons. The van der Waals surface area contributed by atoms with Crippen LogP contribution in [0.15, 0.2) is 15.7 Å². The zero-order valence-electron chi connectivity index (χ0n) is 10.4. The average Bonchev–Trinajstić information content (AvgIpc) is 2.41. The Morgan fingerprint density at radius 3 is 2.81 bits per heavy atom. The molecule has 0 radical (unpaired) electrons. The van der Waals surface area contributed by atoms with E-state index in [1.165, 1.54) is 0 Å². The molecule has 1 aliphatic heterocycles. The smallest absolute Gasteiger partial charge is 0.317 e. The van der Waals surface area contributed by atoms with Gasteiger partial charge in [0.15, 0.2) is 11.6 Å². The van der Waals surface area contributed by atoms with Crippen LogP contribution in [0.25, 0.3) is 11.0 Å². The Kier molecular flexibility index (Phi) is 2.78. The van der Waals surface area contributed by atoms with Gasteiger partial charge in [0.05, 0.1) is 29.2 Å². The van der Waals surface area contributed by atoms with Gasteiger partial charge in [0.25, 0.3) is 0 Å². The fourth-order valence-electron chi connectivity index (χ4n) is 2.53. The molecule has 2 aromatic rings. The Bertz CT molecular complexity index is 887. The molecule has 3 rings (SSSR count). The third-order valence-electron chi connectivity index (χ3n) is 3.38. The van der Waals surface area contributed by atoms with Crippen LogP contribution in [-0.2, 0) is 4.79 Å². The maximum absolute atomic E-state index is 13.8. The number of hydrogen-bond acceptors (Lipinski definition) is 4. The first-order valence-electron chi connectivity index (χ1n) is 6.02. The van der Waals surface area contributed by atoms with E-state index in [9.17, 15) is 23.2 Å². The molecule has 3 N–H and O–H groups in total. The predicted octanol–water partition coefficient (Wildman–Crippen LogP) is 0.409. The highest BCUT2D eigenvalue weighted by Crippen LogP contribution is 2.32. The van der Waals surface area contributed by atoms with Crippen molar-refractivity contribution >= 4 is 22.7 Å². The van der Waals surface area contributed by atoms with Crippen molar-refractivity contribution < 1.29 is 18.7 Å². The summed E-state index contributed by atoms with van der Waals surface area (Å²) in [6.07, 6.45) is -0.427. The van der Waals surface area contributed by atoms with Crippen LogP contribution in [0.2, 0.25) is 0 Å². The van der Waals surface area contributed by atoms with Gasteiger partial charge in [0.1, 0.15) is 0 Å². The van der Waals surface area contributed by atoms with E-state index in [-0.39, 0.29) is 23.3 Å². The highest BCUT2D eigenvalue weighted by Gasteiger charge is 2.28. The summed E-state index contributed by atoms with van der Waals surface area (Å²) < 4.78 is 28.2. The van der Waals surface area contributed by atoms with Crippen molar-refractivity contribution in [2.24, 2.45) is 0 Å². The summed E-state index contributed by atoms with van der Waals surface area (Å²) in [7, 11) is 0. The molecule has 0 aliphatic carbocycles. The van der Waals surface area contributed by atoms with E-state index < -0.39 is 41.2 Å². The van der Waals surface area contributed by atoms with E-state index in [1.54, 1.807) is 0 Å². The van der Waals surface area contributed by atoms with Gasteiger partial charge in [0, 0.05) is 12.6 Å². The van der Waals surface area contributed by atoms with Crippen LogP contribution in [0.5, 0.6) is 0 Å². The number of aromatic amines is 1. The Morgan fingerprint density at radius 2 is 2.14 bits per heavy atom. The van der Waals surface area contributed by atoms with Crippen LogP contribution in [0, 0.1) is 11.6 Å². The largest absolute Gasteiger partial charge is 0.481 e. The zero-order valence-corrected chi connectivity index (χ0v) is 10.4. The van der Waals surface area contributed by atoms with Gasteiger partial charge in [-0.2, -0.15) is 0 Å². The Labute approximate surface area is 114 Å². The molecule has 0 bridgehead atoms. The number of aliphatic carboxylic acids is 1. The molecule has 0 saturated carbocycles. The Hall–Kier alpha value is -2.71. The van der Waals surface area contributed by atoms with Crippen molar-refractivity contribution in [2.75, 3.05) is 11.9 Å². The van der Waals surface area contributed by atoms with Gasteiger partial charge in [-0.25, -0.2) is 8.78 Å². The third-order valence-corrected chi connectivity index (χ3v) is 3.38. The summed E-state index contributed by atoms with van der Waals surface area (Å²) in [5, 5.41) is 11.4. The number of rotatable bonds is 2. The minimum absolute atomic E-state index is 0.0454. The van der Waals surface area contributed by atoms with E-state index in [4.69, 9.17) is 5.11 Å². The van der Waals surface area contributed by atoms with E-state index in [1.807, 2.05) is 0 Å². The average molecular weight is 297 g/mol. The molecule has 7 nitrogen and oxygen atoms in total. The molecule has 9 heteroatoms. The lowest BCUT2D eigenvalue weighted by Crippen LogP contribution is -2.43. The SMILES string of the molecule is O=C(O)CC1CNc2c(F)c(F)cc3[nH]c(=O)c(=O)n1c23. The second-order valence-corrected chi connectivity index (χ2v) is 4.71. The van der Waals surface area contributed by atoms with Gasteiger partial charge < -0.3 is 15.4 Å². The molecule has 1 atom stereocenters. The number of nitrogens with one attached hydrogen (secondary N) is 2. The van der Waals surface area contributed by atoms with Gasteiger partial charge in [-0.15, -0.1) is 0 Å². The number of carboxylic acids is 1. The van der Waals surface area contributed by atoms with Crippen LogP contribution >= 0.6 is 0 Å². The molecule has 0 amide bonds. The van der Waals surface area contributed by atoms with Crippen LogP contribution in [0.1, 0.15) is 12.5 Å². The van der Waals surface area contributed by atoms with Crippen LogP contribution in [0.3, 0.4) is 0 Å². The quantitative estimate of drug-likeness (QED) is 0.696. The highest BCUT2D eigenvalue weighted by molar-refractivity contribution is 5.89. The first-order valence-corrected chi connectivity index (χ1v) is 6.02. The number of benzene rings is 1. The molecule has 1 aromatic heterocycles. The fraction of sp³-hybridized carbons (Fsp3) is 0.250. The van der Waals surface area contributed by atoms with Gasteiger partial charge >= 0.3 is 17.1 Å². The monoisotopic (exact) mass is 297 g/mol. The van der Waals surface area contributed by atoms with Crippen molar-refractivity contribution in [2.45, 2.75) is 12.5 Å². The van der Waals surface area contributed by atoms with Crippen molar-refractivity contribution in [3.63, 3.8) is 0 Å². The number of carbonyl (C=O) groups is 1. The molecule has 0 saturated heterocycles. The minimum atomic E-state index is -1.18. The topological polar surface area (TPSA) is 104 Å². The summed E-state index contributed by atoms with van der Waals surface area (Å²) in [5.74, 6) is -3.54. The first kappa shape index (κ1) is 13.3. The lowest BCUT2D eigenvalue weighted by atomic mass is 10.1. The first-order chi connectivity index (χ1) is 9.90. The Morgan fingerprint density at radius 1 is 1.43 bits per heavy atom. The standard InChI is InChI=1S/C12H9F2N3O4/c13-5-2-6-10-9(8(5)14)15-3-4(1-7(18)19)17(10)12(21)11(20)16-6/h2,4,15H,1,3H2,(H,16,20)(H,18,19). The van der Waals surface area contributed by atoms with Gasteiger partial charge in [-0.1, -0.05) is 0 Å². The molecule has 2 heterocycles. The van der Waals surface area contributed by atoms with Crippen molar-refractivity contribution in [1.29, 1.82) is 0 Å². The van der Waals surface area contributed by atoms with E-state index in [0.29, 0.717) is 0 Å². The predicted molar refractivity (Wildman–Crippen MR) is 68.5 cm³/mol. The molecule has 21 heavy (non-hydrogen) atoms. The summed E-state index contributed by atoms with van der Waals surface area (Å²) in [6.45, 7) is -0.0991. The van der Waals surface area contributed by atoms with Crippen LogP contribution in [-0.4, -0.2) is 27.2 Å². The summed E-state index contributed by atoms with van der Waals surface area (Å²) >= 11 is 0. The number of H-pyrrole nitrogens is 1. The Balaban J connectivity index is 2.44. The molecule has 1 aromatic carbocycles. The zero-order chi connectivity index (χ0) is 15.3. The summed E-state index contributed by atoms with van der Waals surface area (Å²) in [5.41, 5.74) is -2.40. The maximum atomic E-state index is 13.8. The number of aromatic nitrogens is 2. The molecule has 0 fully saturated rings. The van der Waals surface area contributed by atoms with Gasteiger partial charge in [-0.3, -0.25) is 19.0 Å². The second-order valence-electron chi connectivity index (χ2n) is 4.71. The third kappa shape index (κ3) is 1.89. The number of halogens is 2. The van der Waals surface area contributed by atoms with Gasteiger partial charge in [-0.05, 0) is 0 Å². The normalized spacial score (nSPS) is 16.8. The van der Waals surface area contributed by atoms with E-state index in [2.05, 4.69) is 10.3 Å². The number of hydrogen-bond donors (Lipinski definition) is 3. The van der Waals surface area contributed by atoms with Crippen molar-refractivity contribution in [1.82, 2.24) is 9.55 Å². The number of anilines is 1. The van der Waals surface area contributed by atoms with Crippen molar-refractivity contribution in [3.8, 4) is 0 Å². The minimum Gasteiger partial charge on any atom is -0.481 e. The van der Waals surface area contributed by atoms with E-state index in [0.717, 1.165) is 10.6 Å². The summed E-state index contributed by atoms with van der Waals surface area (Å²) in [6, 6.07) is -0.103. The van der Waals surface area contributed by atoms with E-state index >= 15 is 0 Å². The number of carboxylic acid groups (broad SMARTS) is 1. The molecule has 0 spiro atoms. The van der Waals surface area contributed by atoms with Crippen molar-refractivity contribution in [3.05, 3.63) is 38.4 Å². The van der Waals surface area contributed by atoms with Crippen LogP contribution < -0.4 is 16.4 Å². The highest BCUT2D eigenvalue weighted by atomic mass is 19.2. The number of nitrogens with zero attached hydrogens (tertiary/aromatic N) is 1. The second kappa shape index (κ2) is 4.40. The lowest BCUT2D eigenvalue weighted by molar-refractivity contribution is -0.137. The van der Waals surface area contributed by atoms with Gasteiger partial charge in [0.2, 0.25) is 0 Å². The summed E-state index contributed by atoms with van der Waals surface area (Å²) in [4.78, 5) is 36.6. The molecular weight excluding hydrogens is 288 g/mol. The lowest BCUT2D eigenvalue weighted by Gasteiger charge is -2.27. The molecule has 1 unspecified atom stereocenters. The molecule has 1 aliphatic rings. The maximum Gasteiger partial charge on any atom is 0.317 e. The van der Waals surface area contributed by atoms with Crippen LogP contribution in [0.4, 0.5) is 14.5 Å². The molecular formula is C12H9F2N3O4. The fourth-order valence-corrected chi connectivity index (χ4v) is 2.53.